The number of amides is 1. The van der Waals surface area contributed by atoms with E-state index in [1.807, 2.05) is 4.90 Å². The first-order valence-corrected chi connectivity index (χ1v) is 9.73. The summed E-state index contributed by atoms with van der Waals surface area (Å²) in [6.07, 6.45) is 1.55. The van der Waals surface area contributed by atoms with Crippen molar-refractivity contribution in [2.75, 3.05) is 46.1 Å². The smallest absolute Gasteiger partial charge is 0.225 e. The summed E-state index contributed by atoms with van der Waals surface area (Å²) >= 11 is 0. The molecule has 27 heavy (non-hydrogen) atoms. The monoisotopic (exact) mass is 380 g/mol. The van der Waals surface area contributed by atoms with Crippen molar-refractivity contribution in [1.29, 1.82) is 0 Å². The predicted molar refractivity (Wildman–Crippen MR) is 95.0 cm³/mol. The molecular weight excluding hydrogens is 354 g/mol. The van der Waals surface area contributed by atoms with Gasteiger partial charge in [0.05, 0.1) is 19.3 Å². The minimum Gasteiger partial charge on any atom is -0.381 e. The van der Waals surface area contributed by atoms with E-state index in [-0.39, 0.29) is 23.8 Å². The van der Waals surface area contributed by atoms with E-state index < -0.39 is 11.6 Å². The van der Waals surface area contributed by atoms with Crippen molar-refractivity contribution in [2.45, 2.75) is 25.4 Å². The Kier molecular flexibility index (Phi) is 5.71. The van der Waals surface area contributed by atoms with Gasteiger partial charge in [-0.3, -0.25) is 9.69 Å². The molecular formula is C20H26F2N2O3. The highest BCUT2D eigenvalue weighted by atomic mass is 19.2. The minimum absolute atomic E-state index is 0.0102. The minimum atomic E-state index is -0.821. The van der Waals surface area contributed by atoms with Gasteiger partial charge in [0.2, 0.25) is 5.91 Å². The fraction of sp³-hybridized carbons (Fsp3) is 0.650. The molecule has 0 aromatic heterocycles. The SMILES string of the molecule is O=C(C1CCOCC1)N1C[C@@H]2COC[C@H](C1)N(Cc1cccc(F)c1F)C2. The van der Waals surface area contributed by atoms with Crippen molar-refractivity contribution in [3.63, 3.8) is 0 Å². The van der Waals surface area contributed by atoms with Crippen molar-refractivity contribution in [3.05, 3.63) is 35.4 Å². The number of nitrogens with zero attached hydrogens (tertiary/aromatic N) is 2. The molecule has 1 aromatic carbocycles. The summed E-state index contributed by atoms with van der Waals surface area (Å²) in [5.74, 6) is -1.19. The maximum Gasteiger partial charge on any atom is 0.225 e. The van der Waals surface area contributed by atoms with Crippen LogP contribution in [0.1, 0.15) is 18.4 Å². The fourth-order valence-electron chi connectivity index (χ4n) is 4.39. The summed E-state index contributed by atoms with van der Waals surface area (Å²) in [4.78, 5) is 17.1. The molecule has 3 aliphatic rings. The summed E-state index contributed by atoms with van der Waals surface area (Å²) in [6.45, 7) is 4.67. The van der Waals surface area contributed by atoms with Crippen LogP contribution in [0.15, 0.2) is 18.2 Å². The normalized spacial score (nSPS) is 27.4. The highest BCUT2D eigenvalue weighted by molar-refractivity contribution is 5.79. The highest BCUT2D eigenvalue weighted by Gasteiger charge is 2.37. The van der Waals surface area contributed by atoms with E-state index in [1.165, 1.54) is 6.07 Å². The Morgan fingerprint density at radius 1 is 1.07 bits per heavy atom. The second-order valence-corrected chi connectivity index (χ2v) is 7.83. The lowest BCUT2D eigenvalue weighted by atomic mass is 9.98. The number of hydrogen-bond acceptors (Lipinski definition) is 4. The zero-order valence-electron chi connectivity index (χ0n) is 15.4. The van der Waals surface area contributed by atoms with Crippen LogP contribution in [0.5, 0.6) is 0 Å². The highest BCUT2D eigenvalue weighted by Crippen LogP contribution is 2.26. The molecule has 3 saturated heterocycles. The Morgan fingerprint density at radius 3 is 2.70 bits per heavy atom. The van der Waals surface area contributed by atoms with Gasteiger partial charge < -0.3 is 14.4 Å². The van der Waals surface area contributed by atoms with E-state index in [1.54, 1.807) is 6.07 Å². The molecule has 5 nitrogen and oxygen atoms in total. The van der Waals surface area contributed by atoms with E-state index in [0.29, 0.717) is 51.6 Å². The molecule has 3 fully saturated rings. The molecule has 0 N–H and O–H groups in total. The predicted octanol–water partition coefficient (Wildman–Crippen LogP) is 2.05. The molecule has 0 unspecified atom stereocenters. The van der Waals surface area contributed by atoms with Gasteiger partial charge in [0, 0.05) is 56.8 Å². The van der Waals surface area contributed by atoms with Crippen LogP contribution >= 0.6 is 0 Å². The van der Waals surface area contributed by atoms with Crippen LogP contribution in [0.25, 0.3) is 0 Å². The molecule has 4 rings (SSSR count). The van der Waals surface area contributed by atoms with Crippen LogP contribution in [-0.2, 0) is 20.8 Å². The second-order valence-electron chi connectivity index (χ2n) is 7.83. The Bertz CT molecular complexity index is 681. The van der Waals surface area contributed by atoms with Gasteiger partial charge in [-0.25, -0.2) is 8.78 Å². The number of rotatable bonds is 3. The summed E-state index contributed by atoms with van der Waals surface area (Å²) < 4.78 is 38.9. The van der Waals surface area contributed by atoms with Gasteiger partial charge in [-0.05, 0) is 18.9 Å². The second kappa shape index (κ2) is 8.20. The van der Waals surface area contributed by atoms with Gasteiger partial charge in [-0.1, -0.05) is 12.1 Å². The molecule has 0 aliphatic carbocycles. The van der Waals surface area contributed by atoms with Gasteiger partial charge in [0.15, 0.2) is 11.6 Å². The molecule has 7 heteroatoms. The van der Waals surface area contributed by atoms with Gasteiger partial charge in [-0.15, -0.1) is 0 Å². The molecule has 3 heterocycles. The van der Waals surface area contributed by atoms with Crippen LogP contribution in [0.2, 0.25) is 0 Å². The van der Waals surface area contributed by atoms with Crippen molar-refractivity contribution >= 4 is 5.91 Å². The number of ether oxygens (including phenoxy) is 2. The first-order chi connectivity index (χ1) is 13.1. The lowest BCUT2D eigenvalue weighted by Crippen LogP contribution is -2.48. The Labute approximate surface area is 158 Å². The number of hydrogen-bond donors (Lipinski definition) is 0. The third-order valence-electron chi connectivity index (χ3n) is 5.87. The molecule has 2 bridgehead atoms. The molecule has 2 atom stereocenters. The molecule has 1 amide bonds. The van der Waals surface area contributed by atoms with Gasteiger partial charge in [-0.2, -0.15) is 0 Å². The molecule has 0 spiro atoms. The van der Waals surface area contributed by atoms with Gasteiger partial charge >= 0.3 is 0 Å². The van der Waals surface area contributed by atoms with Crippen LogP contribution in [0.3, 0.4) is 0 Å². The van der Waals surface area contributed by atoms with Crippen LogP contribution in [0.4, 0.5) is 8.78 Å². The maximum absolute atomic E-state index is 14.1. The first kappa shape index (κ1) is 18.8. The van der Waals surface area contributed by atoms with Crippen molar-refractivity contribution in [2.24, 2.45) is 11.8 Å². The number of halogens is 2. The quantitative estimate of drug-likeness (QED) is 0.805. The number of carbonyl (C=O) groups excluding carboxylic acids is 1. The Morgan fingerprint density at radius 2 is 1.89 bits per heavy atom. The lowest BCUT2D eigenvalue weighted by Gasteiger charge is -2.34. The summed E-state index contributed by atoms with van der Waals surface area (Å²) in [5.41, 5.74) is 0.352. The van der Waals surface area contributed by atoms with Crippen molar-refractivity contribution in [1.82, 2.24) is 9.80 Å². The van der Waals surface area contributed by atoms with Crippen molar-refractivity contribution in [3.8, 4) is 0 Å². The van der Waals surface area contributed by atoms with Gasteiger partial charge in [0.25, 0.3) is 0 Å². The fourth-order valence-corrected chi connectivity index (χ4v) is 4.39. The average Bonchev–Trinajstić information content (AvgIpc) is 2.95. The topological polar surface area (TPSA) is 42.0 Å². The number of benzene rings is 1. The molecule has 148 valence electrons. The van der Waals surface area contributed by atoms with Crippen LogP contribution < -0.4 is 0 Å². The van der Waals surface area contributed by atoms with Gasteiger partial charge in [0.1, 0.15) is 0 Å². The molecule has 3 aliphatic heterocycles. The van der Waals surface area contributed by atoms with E-state index in [4.69, 9.17) is 9.47 Å². The van der Waals surface area contributed by atoms with Crippen molar-refractivity contribution < 1.29 is 23.0 Å². The zero-order valence-corrected chi connectivity index (χ0v) is 15.4. The third-order valence-corrected chi connectivity index (χ3v) is 5.87. The Balaban J connectivity index is 1.49. The van der Waals surface area contributed by atoms with Crippen LogP contribution in [-0.4, -0.2) is 67.8 Å². The average molecular weight is 380 g/mol. The first-order valence-electron chi connectivity index (χ1n) is 9.73. The number of carbonyl (C=O) groups is 1. The standard InChI is InChI=1S/C20H26F2N2O3/c21-18-3-1-2-16(19(18)22)10-23-8-14-9-24(11-17(23)13-27-12-14)20(25)15-4-6-26-7-5-15/h1-3,14-15,17H,4-13H2/t14-,17+/m1/s1. The molecule has 0 saturated carbocycles. The summed E-state index contributed by atoms with van der Waals surface area (Å²) in [7, 11) is 0. The van der Waals surface area contributed by atoms with E-state index in [0.717, 1.165) is 25.5 Å². The summed E-state index contributed by atoms with van der Waals surface area (Å²) in [6, 6.07) is 4.29. The van der Waals surface area contributed by atoms with E-state index in [9.17, 15) is 13.6 Å². The van der Waals surface area contributed by atoms with E-state index in [2.05, 4.69) is 4.90 Å². The number of fused-ring (bicyclic) bond motifs is 3. The third kappa shape index (κ3) is 4.15. The molecule has 1 aromatic rings. The zero-order chi connectivity index (χ0) is 18.8. The lowest BCUT2D eigenvalue weighted by molar-refractivity contribution is -0.140. The largest absolute Gasteiger partial charge is 0.381 e. The summed E-state index contributed by atoms with van der Waals surface area (Å²) in [5, 5.41) is 0. The Hall–Kier alpha value is -1.57. The van der Waals surface area contributed by atoms with E-state index >= 15 is 0 Å². The molecule has 0 radical (unpaired) electrons. The van der Waals surface area contributed by atoms with Crippen LogP contribution in [0, 0.1) is 23.5 Å². The maximum atomic E-state index is 14.1.